The molecule has 1 N–H and O–H groups in total. The number of nitrogens with zero attached hydrogens (tertiary/aromatic N) is 3. The third-order valence-electron chi connectivity index (χ3n) is 2.62. The molecule has 1 aromatic heterocycles. The normalized spacial score (nSPS) is 11.5. The molecule has 0 atom stereocenters. The highest BCUT2D eigenvalue weighted by atomic mass is 32.3. The molecule has 0 spiro atoms. The molecule has 7 nitrogen and oxygen atoms in total. The van der Waals surface area contributed by atoms with E-state index in [-0.39, 0.29) is 19.8 Å². The first-order valence-corrected chi connectivity index (χ1v) is 7.65. The minimum atomic E-state index is -4.52. The van der Waals surface area contributed by atoms with Crippen molar-refractivity contribution >= 4 is 10.2 Å². The second-order valence-corrected chi connectivity index (χ2v) is 5.80. The topological polar surface area (TPSA) is 94.3 Å². The van der Waals surface area contributed by atoms with Gasteiger partial charge in [-0.05, 0) is 17.7 Å². The Labute approximate surface area is 121 Å². The zero-order chi connectivity index (χ0) is 15.3. The van der Waals surface area contributed by atoms with E-state index in [1.165, 1.54) is 10.9 Å². The standard InChI is InChI=1S/C12H14FN3O4S/c13-21(18,19)5-4-16-7-11(14-15-16)9-20-12-3-1-2-10(6-12)8-17/h1-3,6-7,17H,4-5,8-9H2. The van der Waals surface area contributed by atoms with Crippen LogP contribution in [0.15, 0.2) is 30.5 Å². The van der Waals surface area contributed by atoms with Crippen molar-refractivity contribution in [1.29, 1.82) is 0 Å². The number of aryl methyl sites for hydroxylation is 1. The number of aromatic nitrogens is 3. The largest absolute Gasteiger partial charge is 0.487 e. The van der Waals surface area contributed by atoms with Crippen molar-refractivity contribution in [2.75, 3.05) is 5.75 Å². The van der Waals surface area contributed by atoms with Gasteiger partial charge in [0.2, 0.25) is 0 Å². The number of rotatable bonds is 7. The highest BCUT2D eigenvalue weighted by Crippen LogP contribution is 2.14. The molecular formula is C12H14FN3O4S. The van der Waals surface area contributed by atoms with Gasteiger partial charge in [0.1, 0.15) is 18.1 Å². The number of ether oxygens (including phenoxy) is 1. The fourth-order valence-corrected chi connectivity index (χ4v) is 2.01. The van der Waals surface area contributed by atoms with Gasteiger partial charge in [0.05, 0.1) is 25.1 Å². The summed E-state index contributed by atoms with van der Waals surface area (Å²) < 4.78 is 39.9. The monoisotopic (exact) mass is 315 g/mol. The summed E-state index contributed by atoms with van der Waals surface area (Å²) in [6.07, 6.45) is 1.49. The third kappa shape index (κ3) is 5.12. The van der Waals surface area contributed by atoms with E-state index in [1.807, 2.05) is 0 Å². The molecule has 114 valence electrons. The van der Waals surface area contributed by atoms with Crippen LogP contribution in [0.1, 0.15) is 11.3 Å². The molecule has 2 aromatic rings. The number of aliphatic hydroxyl groups excluding tert-OH is 1. The fourth-order valence-electron chi connectivity index (χ4n) is 1.61. The Kier molecular flexibility index (Phi) is 4.86. The van der Waals surface area contributed by atoms with Gasteiger partial charge < -0.3 is 9.84 Å². The molecule has 0 saturated heterocycles. The summed E-state index contributed by atoms with van der Waals surface area (Å²) >= 11 is 0. The van der Waals surface area contributed by atoms with E-state index in [1.54, 1.807) is 24.3 Å². The molecular weight excluding hydrogens is 301 g/mol. The summed E-state index contributed by atoms with van der Waals surface area (Å²) in [6, 6.07) is 6.95. The van der Waals surface area contributed by atoms with Crippen LogP contribution in [0.5, 0.6) is 5.75 Å². The number of hydrogen-bond donors (Lipinski definition) is 1. The highest BCUT2D eigenvalue weighted by Gasteiger charge is 2.09. The smallest absolute Gasteiger partial charge is 0.304 e. The van der Waals surface area contributed by atoms with Crippen LogP contribution in [0.2, 0.25) is 0 Å². The molecule has 1 heterocycles. The average molecular weight is 315 g/mol. The van der Waals surface area contributed by atoms with Crippen LogP contribution in [-0.2, 0) is 30.0 Å². The zero-order valence-electron chi connectivity index (χ0n) is 11.0. The van der Waals surface area contributed by atoms with Crippen molar-refractivity contribution in [1.82, 2.24) is 15.0 Å². The Bertz CT molecular complexity index is 702. The third-order valence-corrected chi connectivity index (χ3v) is 3.29. The summed E-state index contributed by atoms with van der Waals surface area (Å²) in [5.41, 5.74) is 1.21. The van der Waals surface area contributed by atoms with Crippen molar-refractivity contribution < 1.29 is 22.1 Å². The Morgan fingerprint density at radius 1 is 1.38 bits per heavy atom. The summed E-state index contributed by atoms with van der Waals surface area (Å²) in [5, 5.41) is 16.5. The van der Waals surface area contributed by atoms with Crippen LogP contribution in [0.4, 0.5) is 3.89 Å². The van der Waals surface area contributed by atoms with Crippen molar-refractivity contribution in [2.24, 2.45) is 0 Å². The predicted octanol–water partition coefficient (Wildman–Crippen LogP) is 0.649. The lowest BCUT2D eigenvalue weighted by Gasteiger charge is -2.04. The lowest BCUT2D eigenvalue weighted by atomic mass is 10.2. The minimum absolute atomic E-state index is 0.0783. The highest BCUT2D eigenvalue weighted by molar-refractivity contribution is 7.86. The Morgan fingerprint density at radius 3 is 2.90 bits per heavy atom. The van der Waals surface area contributed by atoms with E-state index < -0.39 is 16.0 Å². The van der Waals surface area contributed by atoms with Crippen LogP contribution in [0.25, 0.3) is 0 Å². The summed E-state index contributed by atoms with van der Waals surface area (Å²) in [7, 11) is -4.52. The van der Waals surface area contributed by atoms with Crippen LogP contribution < -0.4 is 4.74 Å². The molecule has 9 heteroatoms. The van der Waals surface area contributed by atoms with Crippen LogP contribution >= 0.6 is 0 Å². The van der Waals surface area contributed by atoms with Crippen molar-refractivity contribution in [3.05, 3.63) is 41.7 Å². The molecule has 2 rings (SSSR count). The van der Waals surface area contributed by atoms with E-state index in [2.05, 4.69) is 10.3 Å². The van der Waals surface area contributed by atoms with Crippen LogP contribution in [-0.4, -0.2) is 34.3 Å². The van der Waals surface area contributed by atoms with Crippen molar-refractivity contribution in [3.63, 3.8) is 0 Å². The molecule has 21 heavy (non-hydrogen) atoms. The Hall–Kier alpha value is -2.00. The quantitative estimate of drug-likeness (QED) is 0.754. The van der Waals surface area contributed by atoms with Gasteiger partial charge >= 0.3 is 10.2 Å². The van der Waals surface area contributed by atoms with Gasteiger partial charge in [-0.3, -0.25) is 4.68 Å². The minimum Gasteiger partial charge on any atom is -0.487 e. The molecule has 0 fully saturated rings. The van der Waals surface area contributed by atoms with E-state index in [9.17, 15) is 12.3 Å². The van der Waals surface area contributed by atoms with Gasteiger partial charge in [-0.25, -0.2) is 0 Å². The number of benzene rings is 1. The van der Waals surface area contributed by atoms with E-state index in [0.717, 1.165) is 5.56 Å². The first-order valence-electron chi connectivity index (χ1n) is 6.10. The van der Waals surface area contributed by atoms with Crippen molar-refractivity contribution in [3.8, 4) is 5.75 Å². The number of hydrogen-bond acceptors (Lipinski definition) is 6. The Balaban J connectivity index is 1.90. The second kappa shape index (κ2) is 6.64. The molecule has 0 bridgehead atoms. The average Bonchev–Trinajstić information content (AvgIpc) is 2.90. The van der Waals surface area contributed by atoms with Crippen molar-refractivity contribution in [2.45, 2.75) is 19.8 Å². The Morgan fingerprint density at radius 2 is 2.19 bits per heavy atom. The summed E-state index contributed by atoms with van der Waals surface area (Å²) in [4.78, 5) is 0. The first-order chi connectivity index (χ1) is 9.96. The first kappa shape index (κ1) is 15.4. The lowest BCUT2D eigenvalue weighted by Crippen LogP contribution is -2.09. The lowest BCUT2D eigenvalue weighted by molar-refractivity contribution is 0.277. The molecule has 0 radical (unpaired) electrons. The van der Waals surface area contributed by atoms with E-state index in [0.29, 0.717) is 11.4 Å². The zero-order valence-corrected chi connectivity index (χ0v) is 11.8. The van der Waals surface area contributed by atoms with Gasteiger partial charge in [0, 0.05) is 0 Å². The number of halogens is 1. The summed E-state index contributed by atoms with van der Waals surface area (Å²) in [6.45, 7) is -0.0474. The maximum Gasteiger partial charge on any atom is 0.304 e. The number of aliphatic hydroxyl groups is 1. The molecule has 0 unspecified atom stereocenters. The second-order valence-electron chi connectivity index (χ2n) is 4.31. The van der Waals surface area contributed by atoms with Gasteiger partial charge in [-0.1, -0.05) is 17.3 Å². The van der Waals surface area contributed by atoms with Gasteiger partial charge in [0.25, 0.3) is 0 Å². The van der Waals surface area contributed by atoms with Gasteiger partial charge in [-0.2, -0.15) is 8.42 Å². The molecule has 0 amide bonds. The van der Waals surface area contributed by atoms with E-state index >= 15 is 0 Å². The molecule has 0 aliphatic carbocycles. The van der Waals surface area contributed by atoms with Gasteiger partial charge in [0.15, 0.2) is 0 Å². The van der Waals surface area contributed by atoms with Gasteiger partial charge in [-0.15, -0.1) is 8.98 Å². The summed E-state index contributed by atoms with van der Waals surface area (Å²) in [5.74, 6) is -0.0719. The predicted molar refractivity (Wildman–Crippen MR) is 71.6 cm³/mol. The molecule has 0 aliphatic heterocycles. The maximum absolute atomic E-state index is 12.4. The van der Waals surface area contributed by atoms with Crippen LogP contribution in [0.3, 0.4) is 0 Å². The molecule has 0 aliphatic rings. The fraction of sp³-hybridized carbons (Fsp3) is 0.333. The molecule has 1 aromatic carbocycles. The molecule has 0 saturated carbocycles. The maximum atomic E-state index is 12.4. The SMILES string of the molecule is O=S(=O)(F)CCn1cc(COc2cccc(CO)c2)nn1. The van der Waals surface area contributed by atoms with E-state index in [4.69, 9.17) is 9.84 Å². The van der Waals surface area contributed by atoms with Crippen LogP contribution in [0, 0.1) is 0 Å².